The van der Waals surface area contributed by atoms with Crippen LogP contribution >= 0.6 is 11.3 Å². The number of thiazole rings is 1. The number of carboxylic acid groups (broad SMARTS) is 1. The van der Waals surface area contributed by atoms with Crippen LogP contribution in [0.5, 0.6) is 0 Å². The summed E-state index contributed by atoms with van der Waals surface area (Å²) >= 11 is 1.40. The van der Waals surface area contributed by atoms with Crippen molar-refractivity contribution >= 4 is 23.2 Å². The Morgan fingerprint density at radius 2 is 1.90 bits per heavy atom. The molecule has 0 unspecified atom stereocenters. The van der Waals surface area contributed by atoms with Crippen molar-refractivity contribution in [2.45, 2.75) is 65.3 Å². The number of nitrogens with one attached hydrogen (secondary N) is 1. The highest BCUT2D eigenvalue weighted by molar-refractivity contribution is 7.13. The zero-order chi connectivity index (χ0) is 16.0. The normalized spacial score (nSPS) is 11.4. The average Bonchev–Trinajstić information content (AvgIpc) is 2.78. The number of hydrogen-bond acceptors (Lipinski definition) is 4. The minimum atomic E-state index is -0.897. The van der Waals surface area contributed by atoms with Crippen LogP contribution in [-0.4, -0.2) is 27.5 Å². The van der Waals surface area contributed by atoms with Gasteiger partial charge in [0, 0.05) is 0 Å². The summed E-state index contributed by atoms with van der Waals surface area (Å²) in [5.74, 6) is -1.11. The molecule has 1 rings (SSSR count). The first kappa shape index (κ1) is 17.6. The minimum absolute atomic E-state index is 0.0641. The van der Waals surface area contributed by atoms with Crippen LogP contribution in [0.15, 0.2) is 0 Å². The predicted molar refractivity (Wildman–Crippen MR) is 83.9 cm³/mol. The molecule has 6 heteroatoms. The highest BCUT2D eigenvalue weighted by Gasteiger charge is 2.32. The lowest BCUT2D eigenvalue weighted by Crippen LogP contribution is -2.49. The third-order valence-electron chi connectivity index (χ3n) is 3.73. The number of hydrogen-bond donors (Lipinski definition) is 2. The van der Waals surface area contributed by atoms with E-state index in [1.165, 1.54) is 11.3 Å². The van der Waals surface area contributed by atoms with E-state index in [4.69, 9.17) is 5.11 Å². The minimum Gasteiger partial charge on any atom is -0.481 e. The summed E-state index contributed by atoms with van der Waals surface area (Å²) in [6.07, 6.45) is 2.95. The van der Waals surface area contributed by atoms with Gasteiger partial charge in [0.05, 0.1) is 22.7 Å². The number of nitrogens with zero attached hydrogens (tertiary/aromatic N) is 1. The van der Waals surface area contributed by atoms with Crippen LogP contribution in [0.25, 0.3) is 0 Å². The summed E-state index contributed by atoms with van der Waals surface area (Å²) in [7, 11) is 0. The van der Waals surface area contributed by atoms with Gasteiger partial charge in [-0.15, -0.1) is 11.3 Å². The van der Waals surface area contributed by atoms with Gasteiger partial charge in [-0.05, 0) is 32.6 Å². The first-order valence-electron chi connectivity index (χ1n) is 7.38. The molecular formula is C15H24N2O3S. The fraction of sp³-hybridized carbons (Fsp3) is 0.667. The Balaban J connectivity index is 2.94. The summed E-state index contributed by atoms with van der Waals surface area (Å²) < 4.78 is 0. The highest BCUT2D eigenvalue weighted by Crippen LogP contribution is 2.24. The molecule has 0 bridgehead atoms. The van der Waals surface area contributed by atoms with E-state index >= 15 is 0 Å². The average molecular weight is 312 g/mol. The Morgan fingerprint density at radius 1 is 1.29 bits per heavy atom. The zero-order valence-electron chi connectivity index (χ0n) is 13.2. The number of aliphatic carboxylic acids is 1. The predicted octanol–water partition coefficient (Wildman–Crippen LogP) is 3.17. The van der Waals surface area contributed by atoms with E-state index in [0.717, 1.165) is 23.5 Å². The summed E-state index contributed by atoms with van der Waals surface area (Å²) in [4.78, 5) is 28.5. The first-order chi connectivity index (χ1) is 9.87. The molecular weight excluding hydrogens is 288 g/mol. The van der Waals surface area contributed by atoms with E-state index in [-0.39, 0.29) is 12.3 Å². The quantitative estimate of drug-likeness (QED) is 0.772. The van der Waals surface area contributed by atoms with Gasteiger partial charge < -0.3 is 10.4 Å². The van der Waals surface area contributed by atoms with E-state index in [1.54, 1.807) is 0 Å². The molecule has 0 aliphatic heterocycles. The second-order valence-electron chi connectivity index (χ2n) is 5.28. The molecule has 0 saturated carbocycles. The molecule has 1 aromatic heterocycles. The molecule has 1 heterocycles. The molecule has 0 saturated heterocycles. The third-order valence-corrected chi connectivity index (χ3v) is 4.95. The molecule has 118 valence electrons. The maximum atomic E-state index is 12.5. The van der Waals surface area contributed by atoms with Crippen LogP contribution in [0.3, 0.4) is 0 Å². The number of carboxylic acids is 1. The van der Waals surface area contributed by atoms with E-state index in [0.29, 0.717) is 17.7 Å². The maximum absolute atomic E-state index is 12.5. The van der Waals surface area contributed by atoms with Gasteiger partial charge in [0.2, 0.25) is 0 Å². The summed E-state index contributed by atoms with van der Waals surface area (Å²) in [5, 5.41) is 12.9. The molecule has 0 aliphatic carbocycles. The van der Waals surface area contributed by atoms with Crippen molar-refractivity contribution in [3.05, 3.63) is 15.6 Å². The molecule has 21 heavy (non-hydrogen) atoms. The van der Waals surface area contributed by atoms with Crippen LogP contribution < -0.4 is 5.32 Å². The van der Waals surface area contributed by atoms with E-state index in [1.807, 2.05) is 20.8 Å². The summed E-state index contributed by atoms with van der Waals surface area (Å²) in [5.41, 5.74) is 0.0296. The highest BCUT2D eigenvalue weighted by atomic mass is 32.1. The Labute approximate surface area is 129 Å². The van der Waals surface area contributed by atoms with Crippen molar-refractivity contribution in [2.75, 3.05) is 0 Å². The van der Waals surface area contributed by atoms with E-state index < -0.39 is 11.5 Å². The largest absolute Gasteiger partial charge is 0.481 e. The van der Waals surface area contributed by atoms with Crippen LogP contribution in [0.4, 0.5) is 0 Å². The van der Waals surface area contributed by atoms with Crippen molar-refractivity contribution in [3.63, 3.8) is 0 Å². The number of aryl methyl sites for hydroxylation is 2. The first-order valence-corrected chi connectivity index (χ1v) is 8.19. The molecule has 0 aliphatic rings. The van der Waals surface area contributed by atoms with Gasteiger partial charge in [-0.1, -0.05) is 20.8 Å². The van der Waals surface area contributed by atoms with Crippen LogP contribution in [0.2, 0.25) is 0 Å². The summed E-state index contributed by atoms with van der Waals surface area (Å²) in [6.45, 7) is 7.69. The van der Waals surface area contributed by atoms with Crippen molar-refractivity contribution in [3.8, 4) is 0 Å². The zero-order valence-corrected chi connectivity index (χ0v) is 14.0. The van der Waals surface area contributed by atoms with Crippen LogP contribution in [-0.2, 0) is 11.2 Å². The van der Waals surface area contributed by atoms with Gasteiger partial charge in [-0.2, -0.15) is 0 Å². The number of aromatic nitrogens is 1. The molecule has 0 radical (unpaired) electrons. The molecule has 0 atom stereocenters. The molecule has 0 spiro atoms. The maximum Gasteiger partial charge on any atom is 0.305 e. The van der Waals surface area contributed by atoms with Crippen molar-refractivity contribution in [2.24, 2.45) is 0 Å². The summed E-state index contributed by atoms with van der Waals surface area (Å²) in [6, 6.07) is 0. The van der Waals surface area contributed by atoms with E-state index in [2.05, 4.69) is 17.2 Å². The standard InChI is InChI=1S/C15H24N2O3S/c1-5-8-11-16-10(4)13(21-11)14(20)17-15(6-2,7-3)9-12(18)19/h5-9H2,1-4H3,(H,17,20)(H,18,19). The lowest BCUT2D eigenvalue weighted by Gasteiger charge is -2.31. The molecule has 0 fully saturated rings. The topological polar surface area (TPSA) is 79.3 Å². The molecule has 1 aromatic rings. The Bertz CT molecular complexity index is 507. The number of carbonyl (C=O) groups excluding carboxylic acids is 1. The number of amides is 1. The fourth-order valence-electron chi connectivity index (χ4n) is 2.29. The van der Waals surface area contributed by atoms with Gasteiger partial charge >= 0.3 is 5.97 Å². The SMILES string of the molecule is CCCc1nc(C)c(C(=O)NC(CC)(CC)CC(=O)O)s1. The van der Waals surface area contributed by atoms with Gasteiger partial charge in [0.15, 0.2) is 0 Å². The van der Waals surface area contributed by atoms with Crippen molar-refractivity contribution in [1.29, 1.82) is 0 Å². The van der Waals surface area contributed by atoms with Gasteiger partial charge in [-0.25, -0.2) is 4.98 Å². The molecule has 1 amide bonds. The van der Waals surface area contributed by atoms with Crippen molar-refractivity contribution < 1.29 is 14.7 Å². The van der Waals surface area contributed by atoms with Gasteiger partial charge in [-0.3, -0.25) is 9.59 Å². The molecule has 2 N–H and O–H groups in total. The smallest absolute Gasteiger partial charge is 0.305 e. The second-order valence-corrected chi connectivity index (χ2v) is 6.37. The van der Waals surface area contributed by atoms with E-state index in [9.17, 15) is 9.59 Å². The Hall–Kier alpha value is -1.43. The van der Waals surface area contributed by atoms with Crippen LogP contribution in [0, 0.1) is 6.92 Å². The Morgan fingerprint density at radius 3 is 2.38 bits per heavy atom. The third kappa shape index (κ3) is 4.52. The fourth-order valence-corrected chi connectivity index (χ4v) is 3.35. The number of carbonyl (C=O) groups is 2. The second kappa shape index (κ2) is 7.54. The molecule has 0 aromatic carbocycles. The van der Waals surface area contributed by atoms with Gasteiger partial charge in [0.1, 0.15) is 4.88 Å². The van der Waals surface area contributed by atoms with Crippen LogP contribution in [0.1, 0.15) is 66.8 Å². The van der Waals surface area contributed by atoms with Gasteiger partial charge in [0.25, 0.3) is 5.91 Å². The molecule has 5 nitrogen and oxygen atoms in total. The monoisotopic (exact) mass is 312 g/mol. The lowest BCUT2D eigenvalue weighted by atomic mass is 9.89. The van der Waals surface area contributed by atoms with Crippen molar-refractivity contribution in [1.82, 2.24) is 10.3 Å². The lowest BCUT2D eigenvalue weighted by molar-refractivity contribution is -0.138. The Kier molecular flexibility index (Phi) is 6.33. The number of rotatable bonds is 8.